The molecular weight excluding hydrogens is 212 g/mol. The Morgan fingerprint density at radius 2 is 2.00 bits per heavy atom. The van der Waals surface area contributed by atoms with Crippen molar-refractivity contribution in [3.05, 3.63) is 12.2 Å². The second-order valence-corrected chi connectivity index (χ2v) is 6.98. The molecule has 0 aromatic heterocycles. The number of esters is 1. The standard InChI is InChI=1S/C15H22O2/c1-14(2)7-4-8-15(3)11(14)6-5-10-9-17-13(16)12(10)15/h5-6,10-12H,4,7-9H2,1-3H3/t10-,11+,12-,15+/m1/s1. The monoisotopic (exact) mass is 234 g/mol. The molecule has 0 radical (unpaired) electrons. The van der Waals surface area contributed by atoms with Crippen LogP contribution in [0.4, 0.5) is 0 Å². The molecule has 2 aliphatic carbocycles. The molecule has 0 aromatic rings. The summed E-state index contributed by atoms with van der Waals surface area (Å²) in [5.41, 5.74) is 0.437. The number of hydrogen-bond donors (Lipinski definition) is 0. The Balaban J connectivity index is 2.05. The van der Waals surface area contributed by atoms with E-state index in [0.717, 1.165) is 0 Å². The largest absolute Gasteiger partial charge is 0.465 e. The molecule has 2 fully saturated rings. The van der Waals surface area contributed by atoms with Gasteiger partial charge >= 0.3 is 5.97 Å². The van der Waals surface area contributed by atoms with Crippen LogP contribution in [0.15, 0.2) is 12.2 Å². The van der Waals surface area contributed by atoms with Crippen LogP contribution < -0.4 is 0 Å². The Labute approximate surface area is 103 Å². The van der Waals surface area contributed by atoms with Crippen molar-refractivity contribution in [1.82, 2.24) is 0 Å². The molecular formula is C15H22O2. The van der Waals surface area contributed by atoms with E-state index in [1.807, 2.05) is 0 Å². The van der Waals surface area contributed by atoms with E-state index >= 15 is 0 Å². The zero-order chi connectivity index (χ0) is 12.3. The fourth-order valence-electron chi connectivity index (χ4n) is 4.68. The fourth-order valence-corrected chi connectivity index (χ4v) is 4.68. The first-order valence-corrected chi connectivity index (χ1v) is 6.80. The number of carbonyl (C=O) groups excluding carboxylic acids is 1. The van der Waals surface area contributed by atoms with Gasteiger partial charge in [-0.25, -0.2) is 0 Å². The average Bonchev–Trinajstić information content (AvgIpc) is 2.60. The van der Waals surface area contributed by atoms with Gasteiger partial charge in [0.05, 0.1) is 12.5 Å². The Hall–Kier alpha value is -0.790. The summed E-state index contributed by atoms with van der Waals surface area (Å²) in [5.74, 6) is 1.01. The first kappa shape index (κ1) is 11.3. The molecule has 0 spiro atoms. The minimum absolute atomic E-state index is 0.0459. The van der Waals surface area contributed by atoms with Crippen LogP contribution in [-0.4, -0.2) is 12.6 Å². The van der Waals surface area contributed by atoms with Crippen molar-refractivity contribution in [2.45, 2.75) is 40.0 Å². The summed E-state index contributed by atoms with van der Waals surface area (Å²) in [6, 6.07) is 0. The Kier molecular flexibility index (Phi) is 2.24. The highest BCUT2D eigenvalue weighted by molar-refractivity contribution is 5.76. The summed E-state index contributed by atoms with van der Waals surface area (Å²) in [6.07, 6.45) is 8.30. The van der Waals surface area contributed by atoms with Gasteiger partial charge in [-0.2, -0.15) is 0 Å². The van der Waals surface area contributed by atoms with Gasteiger partial charge in [0, 0.05) is 5.92 Å². The van der Waals surface area contributed by atoms with E-state index in [2.05, 4.69) is 32.9 Å². The van der Waals surface area contributed by atoms with Crippen LogP contribution in [0.2, 0.25) is 0 Å². The molecule has 2 heteroatoms. The van der Waals surface area contributed by atoms with Gasteiger partial charge in [-0.1, -0.05) is 39.3 Å². The number of hydrogen-bond acceptors (Lipinski definition) is 2. The Morgan fingerprint density at radius 1 is 1.24 bits per heavy atom. The number of ether oxygens (including phenoxy) is 1. The van der Waals surface area contributed by atoms with E-state index in [1.54, 1.807) is 0 Å². The van der Waals surface area contributed by atoms with Gasteiger partial charge < -0.3 is 4.74 Å². The second-order valence-electron chi connectivity index (χ2n) is 6.98. The summed E-state index contributed by atoms with van der Waals surface area (Å²) in [6.45, 7) is 7.61. The predicted octanol–water partition coefficient (Wildman–Crippen LogP) is 3.18. The van der Waals surface area contributed by atoms with Crippen molar-refractivity contribution in [1.29, 1.82) is 0 Å². The van der Waals surface area contributed by atoms with Crippen LogP contribution in [0.25, 0.3) is 0 Å². The van der Waals surface area contributed by atoms with Gasteiger partial charge in [0.25, 0.3) is 0 Å². The van der Waals surface area contributed by atoms with E-state index in [4.69, 9.17) is 4.74 Å². The predicted molar refractivity (Wildman–Crippen MR) is 66.3 cm³/mol. The van der Waals surface area contributed by atoms with Crippen LogP contribution in [-0.2, 0) is 9.53 Å². The van der Waals surface area contributed by atoms with E-state index in [-0.39, 0.29) is 17.3 Å². The van der Waals surface area contributed by atoms with Crippen molar-refractivity contribution in [3.8, 4) is 0 Å². The van der Waals surface area contributed by atoms with Gasteiger partial charge in [0.15, 0.2) is 0 Å². The lowest BCUT2D eigenvalue weighted by molar-refractivity contribution is -0.148. The third-order valence-corrected chi connectivity index (χ3v) is 5.45. The summed E-state index contributed by atoms with van der Waals surface area (Å²) in [5, 5.41) is 0. The van der Waals surface area contributed by atoms with Crippen LogP contribution in [0.1, 0.15) is 40.0 Å². The molecule has 2 nitrogen and oxygen atoms in total. The first-order valence-electron chi connectivity index (χ1n) is 6.80. The number of allylic oxidation sites excluding steroid dienone is 1. The molecule has 1 saturated heterocycles. The lowest BCUT2D eigenvalue weighted by atomic mass is 9.49. The number of cyclic esters (lactones) is 1. The molecule has 17 heavy (non-hydrogen) atoms. The molecule has 4 atom stereocenters. The molecule has 3 aliphatic rings. The lowest BCUT2D eigenvalue weighted by Crippen LogP contribution is -2.50. The van der Waals surface area contributed by atoms with Gasteiger partial charge in [0.2, 0.25) is 0 Å². The molecule has 0 N–H and O–H groups in total. The highest BCUT2D eigenvalue weighted by Crippen LogP contribution is 2.60. The van der Waals surface area contributed by atoms with Crippen molar-refractivity contribution in [3.63, 3.8) is 0 Å². The normalized spacial score (nSPS) is 47.2. The quantitative estimate of drug-likeness (QED) is 0.475. The number of carbonyl (C=O) groups is 1. The molecule has 1 aliphatic heterocycles. The Bertz CT molecular complexity index is 382. The maximum Gasteiger partial charge on any atom is 0.310 e. The summed E-state index contributed by atoms with van der Waals surface area (Å²) >= 11 is 0. The highest BCUT2D eigenvalue weighted by Gasteiger charge is 2.57. The lowest BCUT2D eigenvalue weighted by Gasteiger charge is -2.54. The zero-order valence-corrected chi connectivity index (χ0v) is 11.0. The molecule has 3 rings (SSSR count). The minimum Gasteiger partial charge on any atom is -0.465 e. The van der Waals surface area contributed by atoms with Crippen molar-refractivity contribution < 1.29 is 9.53 Å². The second kappa shape index (κ2) is 3.37. The van der Waals surface area contributed by atoms with Crippen LogP contribution >= 0.6 is 0 Å². The van der Waals surface area contributed by atoms with E-state index in [1.165, 1.54) is 19.3 Å². The maximum atomic E-state index is 12.0. The van der Waals surface area contributed by atoms with Crippen LogP contribution in [0.3, 0.4) is 0 Å². The molecule has 1 saturated carbocycles. The van der Waals surface area contributed by atoms with Crippen LogP contribution in [0.5, 0.6) is 0 Å². The van der Waals surface area contributed by atoms with Crippen molar-refractivity contribution in [2.75, 3.05) is 6.61 Å². The molecule has 0 bridgehead atoms. The zero-order valence-electron chi connectivity index (χ0n) is 11.0. The van der Waals surface area contributed by atoms with Gasteiger partial charge in [-0.3, -0.25) is 4.79 Å². The van der Waals surface area contributed by atoms with Gasteiger partial charge in [0.1, 0.15) is 0 Å². The molecule has 0 aromatic carbocycles. The molecule has 0 amide bonds. The topological polar surface area (TPSA) is 26.3 Å². The summed E-state index contributed by atoms with van der Waals surface area (Å²) in [4.78, 5) is 12.0. The summed E-state index contributed by atoms with van der Waals surface area (Å²) in [7, 11) is 0. The fraction of sp³-hybridized carbons (Fsp3) is 0.800. The first-order chi connectivity index (χ1) is 7.95. The van der Waals surface area contributed by atoms with E-state index in [0.29, 0.717) is 23.9 Å². The van der Waals surface area contributed by atoms with Crippen molar-refractivity contribution >= 4 is 5.97 Å². The molecule has 0 unspecified atom stereocenters. The Morgan fingerprint density at radius 3 is 2.76 bits per heavy atom. The SMILES string of the molecule is CC1(C)CCC[C@]2(C)[C@H]3C(=O)OC[C@H]3C=C[C@@H]12. The number of fused-ring (bicyclic) bond motifs is 3. The van der Waals surface area contributed by atoms with E-state index < -0.39 is 0 Å². The van der Waals surface area contributed by atoms with Gasteiger partial charge in [-0.15, -0.1) is 0 Å². The smallest absolute Gasteiger partial charge is 0.310 e. The molecule has 1 heterocycles. The van der Waals surface area contributed by atoms with Crippen molar-refractivity contribution in [2.24, 2.45) is 28.6 Å². The van der Waals surface area contributed by atoms with E-state index in [9.17, 15) is 4.79 Å². The number of rotatable bonds is 0. The third kappa shape index (κ3) is 1.42. The third-order valence-electron chi connectivity index (χ3n) is 5.45. The highest BCUT2D eigenvalue weighted by atomic mass is 16.5. The average molecular weight is 234 g/mol. The maximum absolute atomic E-state index is 12.0. The van der Waals surface area contributed by atoms with Gasteiger partial charge in [-0.05, 0) is 29.6 Å². The molecule has 94 valence electrons. The minimum atomic E-state index is 0.0459. The van der Waals surface area contributed by atoms with Crippen LogP contribution in [0, 0.1) is 28.6 Å². The summed E-state index contributed by atoms with van der Waals surface area (Å²) < 4.78 is 5.29.